The van der Waals surface area contributed by atoms with Gasteiger partial charge in [-0.05, 0) is 45.1 Å². The Bertz CT molecular complexity index is 761. The first-order chi connectivity index (χ1) is 11.8. The van der Waals surface area contributed by atoms with E-state index in [2.05, 4.69) is 0 Å². The van der Waals surface area contributed by atoms with Crippen LogP contribution in [0.4, 0.5) is 0 Å². The number of benzene rings is 1. The van der Waals surface area contributed by atoms with Crippen molar-refractivity contribution < 1.29 is 22.5 Å². The molecule has 1 amide bonds. The van der Waals surface area contributed by atoms with Crippen molar-refractivity contribution >= 4 is 28.7 Å². The Balaban J connectivity index is 2.01. The molecule has 1 aromatic carbocycles. The van der Waals surface area contributed by atoms with Gasteiger partial charge in [-0.3, -0.25) is 4.79 Å². The molecule has 0 spiro atoms. The highest BCUT2D eigenvalue weighted by atomic mass is 32.2. The van der Waals surface area contributed by atoms with Crippen molar-refractivity contribution in [3.63, 3.8) is 0 Å². The van der Waals surface area contributed by atoms with Crippen LogP contribution in [-0.2, 0) is 30.7 Å². The fourth-order valence-corrected chi connectivity index (χ4v) is 2.99. The van der Waals surface area contributed by atoms with Crippen LogP contribution < -0.4 is 10.2 Å². The van der Waals surface area contributed by atoms with E-state index in [1.54, 1.807) is 0 Å². The molecule has 0 aliphatic carbocycles. The third-order valence-corrected chi connectivity index (χ3v) is 6.29. The third kappa shape index (κ3) is 4.65. The van der Waals surface area contributed by atoms with Crippen molar-refractivity contribution in [1.29, 1.82) is 0 Å². The maximum Gasteiger partial charge on any atom is 0.494 e. The second kappa shape index (κ2) is 7.30. The summed E-state index contributed by atoms with van der Waals surface area (Å²) >= 11 is 0. The zero-order chi connectivity index (χ0) is 19.8. The zero-order valence-corrected chi connectivity index (χ0v) is 17.0. The molecular formula is C17H27BN2O5S. The summed E-state index contributed by atoms with van der Waals surface area (Å²) in [6, 6.07) is 7.62. The standard InChI is InChI=1S/C17H27BN2O5S/c1-16(2)17(3,4)25-18(24-16)14-9-7-8-13(12-14)10-11-15(21)19-26(22,23)20(5)6/h7-9,12H,10-11H2,1-6H3,(H,19,21). The second-order valence-corrected chi connectivity index (χ2v) is 9.53. The lowest BCUT2D eigenvalue weighted by molar-refractivity contribution is -0.119. The summed E-state index contributed by atoms with van der Waals surface area (Å²) < 4.78 is 38.4. The molecule has 0 atom stereocenters. The van der Waals surface area contributed by atoms with Crippen LogP contribution >= 0.6 is 0 Å². The van der Waals surface area contributed by atoms with Crippen molar-refractivity contribution in [3.8, 4) is 0 Å². The van der Waals surface area contributed by atoms with E-state index in [-0.39, 0.29) is 6.42 Å². The molecule has 1 fully saturated rings. The third-order valence-electron chi connectivity index (χ3n) is 4.84. The normalized spacial score (nSPS) is 19.0. The van der Waals surface area contributed by atoms with Crippen molar-refractivity contribution in [2.75, 3.05) is 14.1 Å². The van der Waals surface area contributed by atoms with Crippen LogP contribution in [0, 0.1) is 0 Å². The molecule has 0 saturated carbocycles. The number of amides is 1. The number of hydrogen-bond acceptors (Lipinski definition) is 5. The van der Waals surface area contributed by atoms with Crippen molar-refractivity contribution in [2.24, 2.45) is 0 Å². The number of carbonyl (C=O) groups excluding carboxylic acids is 1. The Hall–Kier alpha value is -1.42. The van der Waals surface area contributed by atoms with Gasteiger partial charge in [-0.2, -0.15) is 12.7 Å². The van der Waals surface area contributed by atoms with E-state index in [0.29, 0.717) is 6.42 Å². The second-order valence-electron chi connectivity index (χ2n) is 7.65. The lowest BCUT2D eigenvalue weighted by Crippen LogP contribution is -2.41. The van der Waals surface area contributed by atoms with Gasteiger partial charge in [0.25, 0.3) is 0 Å². The average Bonchev–Trinajstić information content (AvgIpc) is 2.73. The van der Waals surface area contributed by atoms with E-state index in [1.165, 1.54) is 14.1 Å². The maximum absolute atomic E-state index is 11.9. The van der Waals surface area contributed by atoms with Crippen molar-refractivity contribution in [3.05, 3.63) is 29.8 Å². The van der Waals surface area contributed by atoms with E-state index >= 15 is 0 Å². The Labute approximate surface area is 156 Å². The monoisotopic (exact) mass is 382 g/mol. The number of aryl methyl sites for hydroxylation is 1. The number of nitrogens with one attached hydrogen (secondary N) is 1. The molecule has 9 heteroatoms. The molecule has 0 radical (unpaired) electrons. The molecule has 2 rings (SSSR count). The molecule has 1 N–H and O–H groups in total. The number of hydrogen-bond donors (Lipinski definition) is 1. The van der Waals surface area contributed by atoms with Gasteiger partial charge in [0.2, 0.25) is 5.91 Å². The first-order valence-corrected chi connectivity index (χ1v) is 9.96. The molecule has 0 unspecified atom stereocenters. The minimum Gasteiger partial charge on any atom is -0.399 e. The quantitative estimate of drug-likeness (QED) is 0.738. The van der Waals surface area contributed by atoms with Crippen LogP contribution in [0.25, 0.3) is 0 Å². The zero-order valence-electron chi connectivity index (χ0n) is 16.2. The number of nitrogens with zero attached hydrogens (tertiary/aromatic N) is 1. The summed E-state index contributed by atoms with van der Waals surface area (Å²) in [7, 11) is -1.50. The van der Waals surface area contributed by atoms with E-state index in [9.17, 15) is 13.2 Å². The van der Waals surface area contributed by atoms with Gasteiger partial charge in [0.15, 0.2) is 0 Å². The summed E-state index contributed by atoms with van der Waals surface area (Å²) in [5.74, 6) is -0.542. The molecule has 1 aliphatic rings. The predicted octanol–water partition coefficient (Wildman–Crippen LogP) is 0.841. The summed E-state index contributed by atoms with van der Waals surface area (Å²) in [5, 5.41) is 0. The van der Waals surface area contributed by atoms with Gasteiger partial charge in [0.05, 0.1) is 11.2 Å². The summed E-state index contributed by atoms with van der Waals surface area (Å²) in [4.78, 5) is 11.9. The highest BCUT2D eigenvalue weighted by Crippen LogP contribution is 2.36. The minimum atomic E-state index is -3.76. The Kier molecular flexibility index (Phi) is 5.87. The van der Waals surface area contributed by atoms with E-state index < -0.39 is 34.4 Å². The topological polar surface area (TPSA) is 84.9 Å². The maximum atomic E-state index is 11.9. The van der Waals surface area contributed by atoms with E-state index in [1.807, 2.05) is 56.7 Å². The summed E-state index contributed by atoms with van der Waals surface area (Å²) in [5.41, 5.74) is 0.944. The van der Waals surface area contributed by atoms with E-state index in [0.717, 1.165) is 15.3 Å². The first kappa shape index (κ1) is 20.9. The molecule has 26 heavy (non-hydrogen) atoms. The Morgan fingerprint density at radius 1 is 1.15 bits per heavy atom. The van der Waals surface area contributed by atoms with Crippen LogP contribution in [0.2, 0.25) is 0 Å². The van der Waals surface area contributed by atoms with Crippen LogP contribution in [0.5, 0.6) is 0 Å². The van der Waals surface area contributed by atoms with E-state index in [4.69, 9.17) is 9.31 Å². The summed E-state index contributed by atoms with van der Waals surface area (Å²) in [6.07, 6.45) is 0.488. The molecule has 0 bridgehead atoms. The van der Waals surface area contributed by atoms with Crippen LogP contribution in [0.15, 0.2) is 24.3 Å². The lowest BCUT2D eigenvalue weighted by Gasteiger charge is -2.32. The predicted molar refractivity (Wildman–Crippen MR) is 101 cm³/mol. The highest BCUT2D eigenvalue weighted by molar-refractivity contribution is 7.87. The molecule has 1 saturated heterocycles. The number of rotatable bonds is 6. The Morgan fingerprint density at radius 3 is 2.27 bits per heavy atom. The number of carbonyl (C=O) groups is 1. The molecule has 1 aliphatic heterocycles. The van der Waals surface area contributed by atoms with Gasteiger partial charge < -0.3 is 9.31 Å². The SMILES string of the molecule is CN(C)S(=O)(=O)NC(=O)CCc1cccc(B2OC(C)(C)C(C)(C)O2)c1. The molecule has 7 nitrogen and oxygen atoms in total. The fourth-order valence-electron chi connectivity index (χ4n) is 2.42. The van der Waals surface area contributed by atoms with Gasteiger partial charge in [0.1, 0.15) is 0 Å². The molecule has 0 aromatic heterocycles. The fraction of sp³-hybridized carbons (Fsp3) is 0.588. The molecule has 1 heterocycles. The summed E-state index contributed by atoms with van der Waals surface area (Å²) in [6.45, 7) is 7.97. The molecule has 1 aromatic rings. The van der Waals surface area contributed by atoms with Crippen LogP contribution in [-0.4, -0.2) is 51.0 Å². The van der Waals surface area contributed by atoms with Gasteiger partial charge >= 0.3 is 17.3 Å². The van der Waals surface area contributed by atoms with Crippen molar-refractivity contribution in [1.82, 2.24) is 9.03 Å². The van der Waals surface area contributed by atoms with Gasteiger partial charge in [-0.15, -0.1) is 0 Å². The first-order valence-electron chi connectivity index (χ1n) is 8.52. The molecule has 144 valence electrons. The van der Waals surface area contributed by atoms with Crippen LogP contribution in [0.3, 0.4) is 0 Å². The largest absolute Gasteiger partial charge is 0.494 e. The van der Waals surface area contributed by atoms with Gasteiger partial charge in [-0.1, -0.05) is 24.3 Å². The van der Waals surface area contributed by atoms with Crippen molar-refractivity contribution in [2.45, 2.75) is 51.7 Å². The molecular weight excluding hydrogens is 355 g/mol. The van der Waals surface area contributed by atoms with Crippen LogP contribution in [0.1, 0.15) is 39.7 Å². The lowest BCUT2D eigenvalue weighted by atomic mass is 9.78. The highest BCUT2D eigenvalue weighted by Gasteiger charge is 2.51. The van der Waals surface area contributed by atoms with Gasteiger partial charge in [-0.25, -0.2) is 4.72 Å². The van der Waals surface area contributed by atoms with Gasteiger partial charge in [0, 0.05) is 20.5 Å². The smallest absolute Gasteiger partial charge is 0.399 e. The minimum absolute atomic E-state index is 0.0693. The average molecular weight is 382 g/mol. The Morgan fingerprint density at radius 2 is 1.73 bits per heavy atom.